The number of carbonyl (C=O) groups is 2. The highest BCUT2D eigenvalue weighted by Gasteiger charge is 2.32. The van der Waals surface area contributed by atoms with Crippen molar-refractivity contribution in [3.05, 3.63) is 29.0 Å². The molecule has 6 nitrogen and oxygen atoms in total. The minimum atomic E-state index is -4.48. The van der Waals surface area contributed by atoms with Gasteiger partial charge in [-0.15, -0.1) is 0 Å². The molecule has 1 fully saturated rings. The van der Waals surface area contributed by atoms with Crippen LogP contribution in [-0.4, -0.2) is 60.2 Å². The molecule has 132 valence electrons. The summed E-state index contributed by atoms with van der Waals surface area (Å²) in [4.78, 5) is 29.4. The van der Waals surface area contributed by atoms with Gasteiger partial charge in [-0.3, -0.25) is 9.59 Å². The lowest BCUT2D eigenvalue weighted by atomic mass is 10.1. The number of morpholine rings is 1. The van der Waals surface area contributed by atoms with Gasteiger partial charge < -0.3 is 15.0 Å². The molecular formula is C14H15ClF3N3O3. The summed E-state index contributed by atoms with van der Waals surface area (Å²) in [5.41, 5.74) is 0.141. The highest BCUT2D eigenvalue weighted by molar-refractivity contribution is 6.30. The maximum Gasteiger partial charge on any atom is 0.405 e. The highest BCUT2D eigenvalue weighted by atomic mass is 35.5. The molecule has 1 atom stereocenters. The molecule has 2 rings (SSSR count). The minimum Gasteiger partial charge on any atom is -0.377 e. The van der Waals surface area contributed by atoms with Gasteiger partial charge in [-0.1, -0.05) is 11.6 Å². The van der Waals surface area contributed by atoms with Gasteiger partial charge in [-0.05, 0) is 12.1 Å². The molecule has 0 bridgehead atoms. The molecule has 0 aliphatic carbocycles. The number of pyridine rings is 1. The fraction of sp³-hybridized carbons (Fsp3) is 0.500. The van der Waals surface area contributed by atoms with Crippen LogP contribution in [-0.2, 0) is 9.53 Å². The standard InChI is InChI=1S/C14H15ClF3N3O3/c15-9-1-2-11(19-6-9)13(23)21-3-4-24-7-10(21)5-12(22)20-8-14(16,17)18/h1-2,6,10H,3-5,7-8H2,(H,20,22)/t10-/m0/s1. The van der Waals surface area contributed by atoms with Crippen molar-refractivity contribution in [3.8, 4) is 0 Å². The number of rotatable bonds is 4. The monoisotopic (exact) mass is 365 g/mol. The van der Waals surface area contributed by atoms with E-state index in [0.29, 0.717) is 5.02 Å². The van der Waals surface area contributed by atoms with E-state index in [1.54, 1.807) is 5.32 Å². The van der Waals surface area contributed by atoms with E-state index < -0.39 is 30.6 Å². The third-order valence-electron chi connectivity index (χ3n) is 3.34. The molecular weight excluding hydrogens is 351 g/mol. The number of nitrogens with one attached hydrogen (secondary N) is 1. The summed E-state index contributed by atoms with van der Waals surface area (Å²) in [7, 11) is 0. The second kappa shape index (κ2) is 7.80. The number of nitrogens with zero attached hydrogens (tertiary/aromatic N) is 2. The van der Waals surface area contributed by atoms with Gasteiger partial charge in [0.1, 0.15) is 12.2 Å². The largest absolute Gasteiger partial charge is 0.405 e. The zero-order valence-electron chi connectivity index (χ0n) is 12.5. The number of amides is 2. The molecule has 1 aromatic rings. The van der Waals surface area contributed by atoms with E-state index in [4.69, 9.17) is 16.3 Å². The Labute approximate surface area is 140 Å². The van der Waals surface area contributed by atoms with Crippen LogP contribution in [0.5, 0.6) is 0 Å². The molecule has 24 heavy (non-hydrogen) atoms. The van der Waals surface area contributed by atoms with E-state index in [1.807, 2.05) is 0 Å². The maximum absolute atomic E-state index is 12.5. The van der Waals surface area contributed by atoms with Crippen molar-refractivity contribution >= 4 is 23.4 Å². The minimum absolute atomic E-state index is 0.0682. The summed E-state index contributed by atoms with van der Waals surface area (Å²) >= 11 is 5.72. The predicted molar refractivity (Wildman–Crippen MR) is 78.6 cm³/mol. The predicted octanol–water partition coefficient (Wildman–Crippen LogP) is 1.64. The lowest BCUT2D eigenvalue weighted by molar-refractivity contribution is -0.139. The Morgan fingerprint density at radius 3 is 2.79 bits per heavy atom. The van der Waals surface area contributed by atoms with Crippen LogP contribution in [0.2, 0.25) is 5.02 Å². The summed E-state index contributed by atoms with van der Waals surface area (Å²) in [6.45, 7) is -0.842. The normalized spacial score (nSPS) is 18.3. The molecule has 0 radical (unpaired) electrons. The van der Waals surface area contributed by atoms with E-state index in [1.165, 1.54) is 23.2 Å². The van der Waals surface area contributed by atoms with E-state index in [9.17, 15) is 22.8 Å². The van der Waals surface area contributed by atoms with Gasteiger partial charge in [0.25, 0.3) is 5.91 Å². The SMILES string of the molecule is O=C(C[C@H]1COCCN1C(=O)c1ccc(Cl)cn1)NCC(F)(F)F. The molecule has 2 heterocycles. The highest BCUT2D eigenvalue weighted by Crippen LogP contribution is 2.16. The number of ether oxygens (including phenoxy) is 1. The van der Waals surface area contributed by atoms with Crippen molar-refractivity contribution in [2.75, 3.05) is 26.3 Å². The molecule has 0 unspecified atom stereocenters. The summed E-state index contributed by atoms with van der Waals surface area (Å²) in [6, 6.07) is 2.30. The van der Waals surface area contributed by atoms with E-state index in [2.05, 4.69) is 4.98 Å². The second-order valence-corrected chi connectivity index (χ2v) is 5.62. The molecule has 1 aromatic heterocycles. The molecule has 10 heteroatoms. The van der Waals surface area contributed by atoms with Crippen molar-refractivity contribution in [3.63, 3.8) is 0 Å². The smallest absolute Gasteiger partial charge is 0.377 e. The molecule has 0 aromatic carbocycles. The van der Waals surface area contributed by atoms with Gasteiger partial charge in [0.2, 0.25) is 5.91 Å². The molecule has 1 aliphatic rings. The molecule has 0 spiro atoms. The average Bonchev–Trinajstić information content (AvgIpc) is 2.53. The molecule has 0 saturated carbocycles. The molecule has 1 aliphatic heterocycles. The first kappa shape index (κ1) is 18.5. The van der Waals surface area contributed by atoms with Crippen molar-refractivity contribution in [2.24, 2.45) is 0 Å². The molecule has 2 amide bonds. The first-order valence-corrected chi connectivity index (χ1v) is 7.48. The number of carbonyl (C=O) groups excluding carboxylic acids is 2. The summed E-state index contributed by atoms with van der Waals surface area (Å²) in [6.07, 6.45) is -3.45. The van der Waals surface area contributed by atoms with Crippen LogP contribution in [0.4, 0.5) is 13.2 Å². The first-order valence-electron chi connectivity index (χ1n) is 7.10. The zero-order chi connectivity index (χ0) is 17.7. The third-order valence-corrected chi connectivity index (χ3v) is 3.57. The number of alkyl halides is 3. The van der Waals surface area contributed by atoms with Crippen LogP contribution in [0.15, 0.2) is 18.3 Å². The number of halogens is 4. The second-order valence-electron chi connectivity index (χ2n) is 5.18. The summed E-state index contributed by atoms with van der Waals surface area (Å²) in [5.74, 6) is -1.23. The van der Waals surface area contributed by atoms with E-state index in [-0.39, 0.29) is 31.9 Å². The van der Waals surface area contributed by atoms with Crippen LogP contribution in [0, 0.1) is 0 Å². The topological polar surface area (TPSA) is 71.5 Å². The Kier molecular flexibility index (Phi) is 6.00. The Morgan fingerprint density at radius 2 is 2.17 bits per heavy atom. The fourth-order valence-electron chi connectivity index (χ4n) is 2.23. The summed E-state index contributed by atoms with van der Waals surface area (Å²) in [5, 5.41) is 2.16. The van der Waals surface area contributed by atoms with Gasteiger partial charge >= 0.3 is 6.18 Å². The number of hydrogen-bond acceptors (Lipinski definition) is 4. The first-order chi connectivity index (χ1) is 11.3. The van der Waals surface area contributed by atoms with Crippen molar-refractivity contribution < 1.29 is 27.5 Å². The maximum atomic E-state index is 12.5. The van der Waals surface area contributed by atoms with Gasteiger partial charge in [0.15, 0.2) is 0 Å². The Balaban J connectivity index is 2.00. The van der Waals surface area contributed by atoms with Gasteiger partial charge in [0, 0.05) is 19.2 Å². The van der Waals surface area contributed by atoms with Crippen LogP contribution in [0.3, 0.4) is 0 Å². The Morgan fingerprint density at radius 1 is 1.42 bits per heavy atom. The third kappa shape index (κ3) is 5.34. The number of hydrogen-bond donors (Lipinski definition) is 1. The molecule has 1 saturated heterocycles. The molecule has 1 N–H and O–H groups in total. The average molecular weight is 366 g/mol. The van der Waals surface area contributed by atoms with Gasteiger partial charge in [0.05, 0.1) is 24.3 Å². The quantitative estimate of drug-likeness (QED) is 0.880. The number of aromatic nitrogens is 1. The van der Waals surface area contributed by atoms with E-state index in [0.717, 1.165) is 0 Å². The van der Waals surface area contributed by atoms with Gasteiger partial charge in [-0.25, -0.2) is 4.98 Å². The van der Waals surface area contributed by atoms with Crippen molar-refractivity contribution in [1.29, 1.82) is 0 Å². The lowest BCUT2D eigenvalue weighted by Gasteiger charge is -2.35. The zero-order valence-corrected chi connectivity index (χ0v) is 13.2. The van der Waals surface area contributed by atoms with Crippen LogP contribution in [0.25, 0.3) is 0 Å². The van der Waals surface area contributed by atoms with E-state index >= 15 is 0 Å². The van der Waals surface area contributed by atoms with Crippen molar-refractivity contribution in [1.82, 2.24) is 15.2 Å². The fourth-order valence-corrected chi connectivity index (χ4v) is 2.34. The van der Waals surface area contributed by atoms with Crippen molar-refractivity contribution in [2.45, 2.75) is 18.6 Å². The Bertz CT molecular complexity index is 595. The Hall–Kier alpha value is -1.87. The van der Waals surface area contributed by atoms with Crippen LogP contribution >= 0.6 is 11.6 Å². The van der Waals surface area contributed by atoms with Gasteiger partial charge in [-0.2, -0.15) is 13.2 Å². The van der Waals surface area contributed by atoms with Crippen LogP contribution < -0.4 is 5.32 Å². The van der Waals surface area contributed by atoms with Crippen LogP contribution in [0.1, 0.15) is 16.9 Å². The summed E-state index contributed by atoms with van der Waals surface area (Å²) < 4.78 is 41.6. The lowest BCUT2D eigenvalue weighted by Crippen LogP contribution is -2.51.